The Morgan fingerprint density at radius 2 is 1.54 bits per heavy atom. The fourth-order valence-corrected chi connectivity index (χ4v) is 4.83. The van der Waals surface area contributed by atoms with Crippen LogP contribution < -0.4 is 10.2 Å². The number of rotatable bonds is 3. The Hall–Kier alpha value is -3.21. The number of nitrogens with zero attached hydrogens (tertiary/aromatic N) is 1. The molecule has 2 aromatic carbocycles. The third-order valence-corrected chi connectivity index (χ3v) is 6.25. The summed E-state index contributed by atoms with van der Waals surface area (Å²) in [6.07, 6.45) is 5.08. The summed E-state index contributed by atoms with van der Waals surface area (Å²) in [7, 11) is 0. The van der Waals surface area contributed by atoms with Crippen molar-refractivity contribution in [2.24, 2.45) is 23.7 Å². The zero-order valence-electron chi connectivity index (χ0n) is 15.5. The Balaban J connectivity index is 1.36. The van der Waals surface area contributed by atoms with E-state index in [0.29, 0.717) is 11.3 Å². The maximum Gasteiger partial charge on any atom is 0.255 e. The Bertz CT molecular complexity index is 994. The maximum atomic E-state index is 12.9. The lowest BCUT2D eigenvalue weighted by Gasteiger charge is -2.17. The van der Waals surface area contributed by atoms with Gasteiger partial charge in [-0.3, -0.25) is 19.3 Å². The molecule has 0 spiro atoms. The fourth-order valence-electron chi connectivity index (χ4n) is 4.83. The van der Waals surface area contributed by atoms with Crippen molar-refractivity contribution in [3.05, 3.63) is 71.8 Å². The number of amides is 3. The van der Waals surface area contributed by atoms with Gasteiger partial charge in [0.25, 0.3) is 5.91 Å². The number of para-hydroxylation sites is 1. The SMILES string of the molecule is Cc1ccccc1NC(=O)c1ccc(N2C(=O)[C@@H]3[C@@H](C2=O)[C@@H]2C=C[C@@H]3C2)cc1. The van der Waals surface area contributed by atoms with E-state index < -0.39 is 0 Å². The van der Waals surface area contributed by atoms with Gasteiger partial charge in [0, 0.05) is 11.3 Å². The monoisotopic (exact) mass is 372 g/mol. The van der Waals surface area contributed by atoms with E-state index in [1.807, 2.05) is 31.2 Å². The number of fused-ring (bicyclic) bond motifs is 5. The summed E-state index contributed by atoms with van der Waals surface area (Å²) in [5.41, 5.74) is 2.76. The zero-order chi connectivity index (χ0) is 19.4. The number of allylic oxidation sites excluding steroid dienone is 2. The molecule has 1 heterocycles. The Morgan fingerprint density at radius 3 is 2.14 bits per heavy atom. The zero-order valence-corrected chi connectivity index (χ0v) is 15.5. The number of anilines is 2. The second kappa shape index (κ2) is 6.16. The van der Waals surface area contributed by atoms with Crippen molar-refractivity contribution in [3.8, 4) is 0 Å². The molecule has 0 unspecified atom stereocenters. The molecule has 0 radical (unpaired) electrons. The molecule has 2 aliphatic carbocycles. The van der Waals surface area contributed by atoms with E-state index >= 15 is 0 Å². The lowest BCUT2D eigenvalue weighted by Crippen LogP contribution is -2.32. The quantitative estimate of drug-likeness (QED) is 0.662. The van der Waals surface area contributed by atoms with E-state index in [0.717, 1.165) is 17.7 Å². The highest BCUT2D eigenvalue weighted by molar-refractivity contribution is 6.23. The number of nitrogens with one attached hydrogen (secondary N) is 1. The van der Waals surface area contributed by atoms with Crippen LogP contribution in [0.5, 0.6) is 0 Å². The van der Waals surface area contributed by atoms with E-state index in [2.05, 4.69) is 17.5 Å². The van der Waals surface area contributed by atoms with Crippen LogP contribution in [0.15, 0.2) is 60.7 Å². The molecule has 5 heteroatoms. The van der Waals surface area contributed by atoms with Gasteiger partial charge in [-0.25, -0.2) is 0 Å². The summed E-state index contributed by atoms with van der Waals surface area (Å²) in [6, 6.07) is 14.2. The number of hydrogen-bond donors (Lipinski definition) is 1. The van der Waals surface area contributed by atoms with Crippen LogP contribution in [0.2, 0.25) is 0 Å². The van der Waals surface area contributed by atoms with Crippen LogP contribution in [-0.2, 0) is 9.59 Å². The van der Waals surface area contributed by atoms with Gasteiger partial charge in [0.1, 0.15) is 0 Å². The lowest BCUT2D eigenvalue weighted by molar-refractivity contribution is -0.123. The minimum absolute atomic E-state index is 0.107. The first-order valence-corrected chi connectivity index (χ1v) is 9.58. The third-order valence-electron chi connectivity index (χ3n) is 6.25. The molecule has 1 saturated heterocycles. The normalized spacial score (nSPS) is 27.4. The molecule has 1 saturated carbocycles. The van der Waals surface area contributed by atoms with Crippen molar-refractivity contribution in [2.45, 2.75) is 13.3 Å². The number of hydrogen-bond acceptors (Lipinski definition) is 3. The van der Waals surface area contributed by atoms with E-state index in [4.69, 9.17) is 0 Å². The van der Waals surface area contributed by atoms with E-state index in [9.17, 15) is 14.4 Å². The standard InChI is InChI=1S/C23H20N2O3/c1-13-4-2-3-5-18(13)24-21(26)14-8-10-17(11-9-14)25-22(27)19-15-6-7-16(12-15)20(19)23(25)28/h2-11,15-16,19-20H,12H2,1H3,(H,24,26)/t15-,16-,19+,20+/m1/s1. The van der Waals surface area contributed by atoms with Crippen molar-refractivity contribution < 1.29 is 14.4 Å². The van der Waals surface area contributed by atoms with Gasteiger partial charge in [0.05, 0.1) is 17.5 Å². The van der Waals surface area contributed by atoms with Gasteiger partial charge >= 0.3 is 0 Å². The van der Waals surface area contributed by atoms with Gasteiger partial charge in [-0.1, -0.05) is 30.4 Å². The van der Waals surface area contributed by atoms with Gasteiger partial charge in [-0.05, 0) is 61.1 Å². The van der Waals surface area contributed by atoms with Crippen LogP contribution in [0.25, 0.3) is 0 Å². The summed E-state index contributed by atoms with van der Waals surface area (Å²) in [5.74, 6) is -0.490. The second-order valence-corrected chi connectivity index (χ2v) is 7.83. The summed E-state index contributed by atoms with van der Waals surface area (Å²) in [4.78, 5) is 39.6. The van der Waals surface area contributed by atoms with Crippen LogP contribution in [-0.4, -0.2) is 17.7 Å². The minimum atomic E-state index is -0.223. The van der Waals surface area contributed by atoms with Gasteiger partial charge in [0.2, 0.25) is 11.8 Å². The predicted octanol–water partition coefficient (Wildman–Crippen LogP) is 3.56. The summed E-state index contributed by atoms with van der Waals surface area (Å²) in [5, 5.41) is 2.89. The largest absolute Gasteiger partial charge is 0.322 e. The van der Waals surface area contributed by atoms with E-state index in [-0.39, 0.29) is 41.4 Å². The van der Waals surface area contributed by atoms with Crippen molar-refractivity contribution >= 4 is 29.1 Å². The molecule has 28 heavy (non-hydrogen) atoms. The molecule has 5 nitrogen and oxygen atoms in total. The molecule has 1 N–H and O–H groups in total. The Kier molecular flexibility index (Phi) is 3.72. The van der Waals surface area contributed by atoms with Crippen LogP contribution in [0.4, 0.5) is 11.4 Å². The number of aryl methyl sites for hydroxylation is 1. The molecule has 140 valence electrons. The number of carbonyl (C=O) groups excluding carboxylic acids is 3. The highest BCUT2D eigenvalue weighted by Crippen LogP contribution is 2.53. The Labute approximate surface area is 163 Å². The van der Waals surface area contributed by atoms with Crippen molar-refractivity contribution in [3.63, 3.8) is 0 Å². The van der Waals surface area contributed by atoms with Crippen molar-refractivity contribution in [1.29, 1.82) is 0 Å². The minimum Gasteiger partial charge on any atom is -0.322 e. The average molecular weight is 372 g/mol. The smallest absolute Gasteiger partial charge is 0.255 e. The molecule has 5 rings (SSSR count). The molecule has 3 aliphatic rings. The average Bonchev–Trinajstić information content (AvgIpc) is 3.38. The Morgan fingerprint density at radius 1 is 0.929 bits per heavy atom. The second-order valence-electron chi connectivity index (χ2n) is 7.83. The molecule has 2 fully saturated rings. The van der Waals surface area contributed by atoms with E-state index in [1.165, 1.54) is 4.90 Å². The van der Waals surface area contributed by atoms with Gasteiger partial charge < -0.3 is 5.32 Å². The highest BCUT2D eigenvalue weighted by atomic mass is 16.2. The molecule has 3 amide bonds. The predicted molar refractivity (Wildman–Crippen MR) is 106 cm³/mol. The molecule has 2 aromatic rings. The van der Waals surface area contributed by atoms with Gasteiger partial charge in [-0.15, -0.1) is 0 Å². The van der Waals surface area contributed by atoms with Gasteiger partial charge in [0.15, 0.2) is 0 Å². The van der Waals surface area contributed by atoms with Crippen molar-refractivity contribution in [1.82, 2.24) is 0 Å². The molecule has 0 aromatic heterocycles. The fraction of sp³-hybridized carbons (Fsp3) is 0.261. The molecular weight excluding hydrogens is 352 g/mol. The molecule has 4 atom stereocenters. The van der Waals surface area contributed by atoms with Crippen molar-refractivity contribution in [2.75, 3.05) is 10.2 Å². The topological polar surface area (TPSA) is 66.5 Å². The van der Waals surface area contributed by atoms with Crippen LogP contribution in [0.1, 0.15) is 22.3 Å². The molecule has 1 aliphatic heterocycles. The molecular formula is C23H20N2O3. The van der Waals surface area contributed by atoms with E-state index in [1.54, 1.807) is 24.3 Å². The van der Waals surface area contributed by atoms with Crippen LogP contribution in [0, 0.1) is 30.6 Å². The maximum absolute atomic E-state index is 12.9. The van der Waals surface area contributed by atoms with Crippen LogP contribution in [0.3, 0.4) is 0 Å². The lowest BCUT2D eigenvalue weighted by atomic mass is 9.85. The first-order valence-electron chi connectivity index (χ1n) is 9.58. The number of imide groups is 1. The number of carbonyl (C=O) groups is 3. The van der Waals surface area contributed by atoms with Crippen LogP contribution >= 0.6 is 0 Å². The first-order chi connectivity index (χ1) is 13.5. The number of benzene rings is 2. The summed E-state index contributed by atoms with van der Waals surface area (Å²) in [6.45, 7) is 1.93. The van der Waals surface area contributed by atoms with Gasteiger partial charge in [-0.2, -0.15) is 0 Å². The highest BCUT2D eigenvalue weighted by Gasteiger charge is 2.59. The molecule has 2 bridgehead atoms. The third kappa shape index (κ3) is 2.43. The summed E-state index contributed by atoms with van der Waals surface area (Å²) >= 11 is 0. The summed E-state index contributed by atoms with van der Waals surface area (Å²) < 4.78 is 0. The first kappa shape index (κ1) is 16.9.